The van der Waals surface area contributed by atoms with Crippen LogP contribution < -0.4 is 10.7 Å². The largest absolute Gasteiger partial charge is 0.355 e. The van der Waals surface area contributed by atoms with Crippen LogP contribution in [0.5, 0.6) is 0 Å². The molecule has 6 heteroatoms. The van der Waals surface area contributed by atoms with E-state index in [9.17, 15) is 9.59 Å². The zero-order valence-electron chi connectivity index (χ0n) is 13.9. The summed E-state index contributed by atoms with van der Waals surface area (Å²) in [7, 11) is 0. The number of halogens is 1. The molecular weight excluding hydrogens is 394 g/mol. The van der Waals surface area contributed by atoms with Gasteiger partial charge in [0.1, 0.15) is 5.92 Å². The number of rotatable bonds is 5. The monoisotopic (exact) mass is 411 g/mol. The molecule has 2 N–H and O–H groups in total. The van der Waals surface area contributed by atoms with E-state index in [2.05, 4.69) is 31.8 Å². The number of nitrogens with one attached hydrogen (secondary N) is 2. The van der Waals surface area contributed by atoms with Gasteiger partial charge in [0, 0.05) is 23.1 Å². The predicted molar refractivity (Wildman–Crippen MR) is 105 cm³/mol. The Bertz CT molecular complexity index is 832. The van der Waals surface area contributed by atoms with Crippen molar-refractivity contribution in [2.45, 2.75) is 5.92 Å². The summed E-state index contributed by atoms with van der Waals surface area (Å²) in [6, 6.07) is 17.4. The van der Waals surface area contributed by atoms with Crippen molar-refractivity contribution in [3.63, 3.8) is 0 Å². The van der Waals surface area contributed by atoms with Crippen molar-refractivity contribution in [1.29, 1.82) is 0 Å². The van der Waals surface area contributed by atoms with E-state index in [1.165, 1.54) is 6.21 Å². The predicted octanol–water partition coefficient (Wildman–Crippen LogP) is 3.09. The summed E-state index contributed by atoms with van der Waals surface area (Å²) in [6.07, 6.45) is 5.09. The number of carbonyl (C=O) groups excluding carboxylic acids is 2. The fourth-order valence-corrected chi connectivity index (χ4v) is 3.14. The molecule has 1 heterocycles. The second-order valence-corrected chi connectivity index (χ2v) is 6.82. The fourth-order valence-electron chi connectivity index (χ4n) is 2.87. The van der Waals surface area contributed by atoms with Crippen molar-refractivity contribution < 1.29 is 9.59 Å². The lowest BCUT2D eigenvalue weighted by atomic mass is 9.88. The molecule has 0 spiro atoms. The van der Waals surface area contributed by atoms with Gasteiger partial charge in [-0.3, -0.25) is 9.59 Å². The first-order chi connectivity index (χ1) is 12.6. The van der Waals surface area contributed by atoms with Gasteiger partial charge in [-0.1, -0.05) is 64.5 Å². The lowest BCUT2D eigenvalue weighted by Crippen LogP contribution is -2.34. The van der Waals surface area contributed by atoms with Crippen molar-refractivity contribution in [2.75, 3.05) is 6.54 Å². The van der Waals surface area contributed by atoms with Gasteiger partial charge in [0.2, 0.25) is 5.91 Å². The molecule has 5 nitrogen and oxygen atoms in total. The lowest BCUT2D eigenvalue weighted by Gasteiger charge is -2.15. The highest BCUT2D eigenvalue weighted by Gasteiger charge is 2.40. The van der Waals surface area contributed by atoms with E-state index in [-0.39, 0.29) is 11.8 Å². The summed E-state index contributed by atoms with van der Waals surface area (Å²) < 4.78 is 1.01. The first-order valence-electron chi connectivity index (χ1n) is 8.23. The Morgan fingerprint density at radius 3 is 2.62 bits per heavy atom. The minimum atomic E-state index is -0.773. The maximum Gasteiger partial charge on any atom is 0.253 e. The van der Waals surface area contributed by atoms with Crippen LogP contribution in [0.25, 0.3) is 6.08 Å². The van der Waals surface area contributed by atoms with Gasteiger partial charge in [0.25, 0.3) is 5.91 Å². The van der Waals surface area contributed by atoms with Crippen molar-refractivity contribution in [1.82, 2.24) is 10.7 Å². The van der Waals surface area contributed by atoms with Crippen LogP contribution in [-0.2, 0) is 9.59 Å². The molecule has 1 saturated heterocycles. The van der Waals surface area contributed by atoms with Gasteiger partial charge in [-0.15, -0.1) is 0 Å². The van der Waals surface area contributed by atoms with Gasteiger partial charge in [0.05, 0.1) is 0 Å². The van der Waals surface area contributed by atoms with Gasteiger partial charge in [-0.25, -0.2) is 5.43 Å². The third-order valence-corrected chi connectivity index (χ3v) is 4.71. The fraction of sp³-hybridized carbons (Fsp3) is 0.150. The van der Waals surface area contributed by atoms with Crippen LogP contribution in [0.2, 0.25) is 0 Å². The molecule has 2 amide bonds. The number of allylic oxidation sites excluding steroid dienone is 1. The Morgan fingerprint density at radius 2 is 1.88 bits per heavy atom. The second-order valence-electron chi connectivity index (χ2n) is 5.90. The van der Waals surface area contributed by atoms with Gasteiger partial charge >= 0.3 is 0 Å². The molecule has 3 rings (SSSR count). The summed E-state index contributed by atoms with van der Waals surface area (Å²) >= 11 is 3.38. The van der Waals surface area contributed by atoms with Crippen LogP contribution in [0, 0.1) is 5.92 Å². The molecule has 1 aliphatic heterocycles. The number of hydrogen-bond donors (Lipinski definition) is 2. The number of carbonyl (C=O) groups is 2. The summed E-state index contributed by atoms with van der Waals surface area (Å²) in [4.78, 5) is 24.5. The maximum atomic E-state index is 12.4. The number of benzene rings is 2. The van der Waals surface area contributed by atoms with Gasteiger partial charge in [0.15, 0.2) is 0 Å². The zero-order valence-corrected chi connectivity index (χ0v) is 15.5. The van der Waals surface area contributed by atoms with Crippen LogP contribution >= 0.6 is 15.9 Å². The molecule has 26 heavy (non-hydrogen) atoms. The summed E-state index contributed by atoms with van der Waals surface area (Å²) in [5.74, 6) is -1.62. The third kappa shape index (κ3) is 4.46. The molecule has 2 aromatic rings. The Kier molecular flexibility index (Phi) is 5.96. The molecule has 0 aromatic heterocycles. The minimum Gasteiger partial charge on any atom is -0.355 e. The Hall–Kier alpha value is -2.73. The number of nitrogens with zero attached hydrogens (tertiary/aromatic N) is 1. The summed E-state index contributed by atoms with van der Waals surface area (Å²) in [5.41, 5.74) is 4.44. The van der Waals surface area contributed by atoms with Crippen molar-refractivity contribution in [3.8, 4) is 0 Å². The smallest absolute Gasteiger partial charge is 0.253 e. The third-order valence-electron chi connectivity index (χ3n) is 4.19. The number of hydrazone groups is 1. The van der Waals surface area contributed by atoms with Gasteiger partial charge < -0.3 is 5.32 Å². The van der Waals surface area contributed by atoms with E-state index in [0.717, 1.165) is 15.6 Å². The average Bonchev–Trinajstić information content (AvgIpc) is 3.05. The molecule has 1 fully saturated rings. The van der Waals surface area contributed by atoms with Crippen LogP contribution in [-0.4, -0.2) is 24.6 Å². The number of hydrogen-bond acceptors (Lipinski definition) is 3. The van der Waals surface area contributed by atoms with E-state index in [1.54, 1.807) is 6.08 Å². The van der Waals surface area contributed by atoms with Crippen LogP contribution in [0.4, 0.5) is 0 Å². The molecule has 0 bridgehead atoms. The normalized spacial score (nSPS) is 19.8. The summed E-state index contributed by atoms with van der Waals surface area (Å²) in [6.45, 7) is 0.452. The Labute approximate surface area is 160 Å². The van der Waals surface area contributed by atoms with Crippen molar-refractivity contribution in [3.05, 3.63) is 76.3 Å². The first kappa shape index (κ1) is 18.1. The highest BCUT2D eigenvalue weighted by Crippen LogP contribution is 2.28. The molecule has 2 atom stereocenters. The van der Waals surface area contributed by atoms with E-state index in [4.69, 9.17) is 0 Å². The molecule has 0 radical (unpaired) electrons. The second kappa shape index (κ2) is 8.58. The quantitative estimate of drug-likeness (QED) is 0.450. The lowest BCUT2D eigenvalue weighted by molar-refractivity contribution is -0.133. The summed E-state index contributed by atoms with van der Waals surface area (Å²) in [5, 5.41) is 6.67. The standard InChI is InChI=1S/C20H18BrN3O2/c21-16-10-8-14(9-11-16)5-4-12-23-24-20(26)18-17(13-22-19(18)25)15-6-2-1-3-7-15/h1-12,17-18H,13H2,(H,22,25)(H,24,26)/t17-,18-/m0/s1. The van der Waals surface area contributed by atoms with Gasteiger partial charge in [-0.05, 0) is 29.3 Å². The van der Waals surface area contributed by atoms with E-state index < -0.39 is 11.8 Å². The average molecular weight is 412 g/mol. The topological polar surface area (TPSA) is 70.6 Å². The minimum absolute atomic E-state index is 0.183. The molecule has 2 aromatic carbocycles. The molecule has 0 unspecified atom stereocenters. The Morgan fingerprint density at radius 1 is 1.15 bits per heavy atom. The molecule has 1 aliphatic rings. The first-order valence-corrected chi connectivity index (χ1v) is 9.02. The van der Waals surface area contributed by atoms with Crippen LogP contribution in [0.1, 0.15) is 17.0 Å². The maximum absolute atomic E-state index is 12.4. The van der Waals surface area contributed by atoms with Gasteiger partial charge in [-0.2, -0.15) is 5.10 Å². The van der Waals surface area contributed by atoms with Crippen molar-refractivity contribution >= 4 is 40.0 Å². The van der Waals surface area contributed by atoms with E-state index >= 15 is 0 Å². The number of amides is 2. The molecule has 0 aliphatic carbocycles. The van der Waals surface area contributed by atoms with Crippen molar-refractivity contribution in [2.24, 2.45) is 11.0 Å². The van der Waals surface area contributed by atoms with Crippen LogP contribution in [0.3, 0.4) is 0 Å². The Balaban J connectivity index is 1.59. The molecular formula is C20H18BrN3O2. The highest BCUT2D eigenvalue weighted by molar-refractivity contribution is 9.10. The SMILES string of the molecule is O=C1NC[C@@H](c2ccccc2)[C@@H]1C(=O)NN=CC=Cc1ccc(Br)cc1. The molecule has 132 valence electrons. The highest BCUT2D eigenvalue weighted by atomic mass is 79.9. The van der Waals surface area contributed by atoms with E-state index in [1.807, 2.05) is 60.7 Å². The van der Waals surface area contributed by atoms with E-state index in [0.29, 0.717) is 6.54 Å². The van der Waals surface area contributed by atoms with Crippen LogP contribution in [0.15, 0.2) is 70.2 Å². The zero-order chi connectivity index (χ0) is 18.4. The molecule has 0 saturated carbocycles.